The number of sulfonamides is 1. The Kier molecular flexibility index (Phi) is 7.59. The third kappa shape index (κ3) is 6.81. The Morgan fingerprint density at radius 2 is 1.60 bits per heavy atom. The summed E-state index contributed by atoms with van der Waals surface area (Å²) < 4.78 is 65.0. The van der Waals surface area contributed by atoms with Gasteiger partial charge in [-0.15, -0.1) is 0 Å². The van der Waals surface area contributed by atoms with Crippen LogP contribution in [0.5, 0.6) is 0 Å². The normalized spacial score (nSPS) is 16.9. The molecule has 0 bridgehead atoms. The van der Waals surface area contributed by atoms with E-state index in [1.165, 1.54) is 48.5 Å². The molecule has 1 fully saturated rings. The summed E-state index contributed by atoms with van der Waals surface area (Å²) in [6, 6.07) is 10.1. The minimum Gasteiger partial charge on any atom is -0.336 e. The summed E-state index contributed by atoms with van der Waals surface area (Å²) in [5, 5.41) is 19.4. The Morgan fingerprint density at radius 1 is 1.09 bits per heavy atom. The summed E-state index contributed by atoms with van der Waals surface area (Å²) in [6.07, 6.45) is -3.56. The average Bonchev–Trinajstić information content (AvgIpc) is 3.55. The number of hydrogen-bond donors (Lipinski definition) is 3. The summed E-state index contributed by atoms with van der Waals surface area (Å²) in [7, 11) is -3.86. The molecule has 0 saturated heterocycles. The van der Waals surface area contributed by atoms with Gasteiger partial charge in [0.2, 0.25) is 15.9 Å². The van der Waals surface area contributed by atoms with Crippen molar-refractivity contribution in [3.05, 3.63) is 54.1 Å². The van der Waals surface area contributed by atoms with Crippen molar-refractivity contribution >= 4 is 15.9 Å². The van der Waals surface area contributed by atoms with E-state index in [2.05, 4.69) is 10.6 Å². The summed E-state index contributed by atoms with van der Waals surface area (Å²) in [4.78, 5) is 12.7. The number of carbonyl (C=O) groups is 1. The van der Waals surface area contributed by atoms with Gasteiger partial charge in [-0.2, -0.15) is 18.4 Å². The van der Waals surface area contributed by atoms with Gasteiger partial charge in [-0.05, 0) is 54.0 Å². The van der Waals surface area contributed by atoms with E-state index in [0.29, 0.717) is 24.0 Å². The van der Waals surface area contributed by atoms with E-state index in [-0.39, 0.29) is 22.8 Å². The quantitative estimate of drug-likeness (QED) is 0.475. The van der Waals surface area contributed by atoms with Crippen molar-refractivity contribution in [2.24, 2.45) is 11.1 Å². The lowest BCUT2D eigenvalue weighted by atomic mass is 9.97. The van der Waals surface area contributed by atoms with Crippen LogP contribution in [0.1, 0.15) is 44.7 Å². The molecule has 1 amide bonds. The van der Waals surface area contributed by atoms with Crippen LogP contribution in [0.4, 0.5) is 13.2 Å². The predicted octanol–water partition coefficient (Wildman–Crippen LogP) is 3.78. The number of benzene rings is 2. The monoisotopic (exact) mass is 508 g/mol. The number of halogens is 3. The molecule has 1 aliphatic rings. The van der Waals surface area contributed by atoms with Gasteiger partial charge in [-0.3, -0.25) is 10.1 Å². The minimum absolute atomic E-state index is 0.0629. The van der Waals surface area contributed by atoms with Crippen LogP contribution in [0.15, 0.2) is 53.4 Å². The lowest BCUT2D eigenvalue weighted by Gasteiger charge is -2.29. The lowest BCUT2D eigenvalue weighted by molar-refractivity contribution is -0.161. The molecule has 4 N–H and O–H groups in total. The standard InChI is InChI=1S/C24H27F3N4O3S/c1-15(2)13-20(22(32)31-23(14-28)11-12-23)30-21(24(25,26)27)18-5-3-16(4-6-18)17-7-9-19(10-8-17)35(29,33)34/h3-10,15,20-21,30H,11-13H2,1-2H3,(H,31,32)(H2,29,33,34)/t20-,21-/m0/s1. The van der Waals surface area contributed by atoms with E-state index in [1.807, 2.05) is 6.07 Å². The molecule has 1 aliphatic carbocycles. The fraction of sp³-hybridized carbons (Fsp3) is 0.417. The maximum Gasteiger partial charge on any atom is 0.407 e. The molecule has 7 nitrogen and oxygen atoms in total. The first kappa shape index (κ1) is 26.7. The Morgan fingerprint density at radius 3 is 2.00 bits per heavy atom. The molecule has 0 heterocycles. The summed E-state index contributed by atoms with van der Waals surface area (Å²) in [6.45, 7) is 3.61. The molecule has 2 atom stereocenters. The first-order chi connectivity index (χ1) is 16.2. The zero-order valence-electron chi connectivity index (χ0n) is 19.3. The van der Waals surface area contributed by atoms with E-state index in [0.717, 1.165) is 0 Å². The molecule has 11 heteroatoms. The van der Waals surface area contributed by atoms with Crippen molar-refractivity contribution < 1.29 is 26.4 Å². The Hall–Kier alpha value is -2.94. The number of rotatable bonds is 9. The molecule has 0 spiro atoms. The molecule has 3 rings (SSSR count). The molecule has 1 saturated carbocycles. The first-order valence-electron chi connectivity index (χ1n) is 11.0. The van der Waals surface area contributed by atoms with Crippen molar-refractivity contribution in [2.75, 3.05) is 0 Å². The first-order valence-corrected chi connectivity index (χ1v) is 12.6. The van der Waals surface area contributed by atoms with Crippen LogP contribution in [0.3, 0.4) is 0 Å². The van der Waals surface area contributed by atoms with Crippen LogP contribution >= 0.6 is 0 Å². The van der Waals surface area contributed by atoms with Gasteiger partial charge in [0.05, 0.1) is 17.0 Å². The molecule has 2 aromatic carbocycles. The zero-order chi connectivity index (χ0) is 26.0. The summed E-state index contributed by atoms with van der Waals surface area (Å²) >= 11 is 0. The van der Waals surface area contributed by atoms with E-state index in [4.69, 9.17) is 5.14 Å². The third-order valence-corrected chi connectivity index (χ3v) is 6.73. The lowest BCUT2D eigenvalue weighted by Crippen LogP contribution is -2.52. The van der Waals surface area contributed by atoms with E-state index in [1.54, 1.807) is 13.8 Å². The Labute approximate surface area is 202 Å². The van der Waals surface area contributed by atoms with Gasteiger partial charge in [0, 0.05) is 0 Å². The molecule has 0 aromatic heterocycles. The van der Waals surface area contributed by atoms with Crippen molar-refractivity contribution in [1.29, 1.82) is 5.26 Å². The number of nitrogens with one attached hydrogen (secondary N) is 2. The summed E-state index contributed by atoms with van der Waals surface area (Å²) in [5.74, 6) is -0.689. The van der Waals surface area contributed by atoms with Crippen molar-refractivity contribution in [2.45, 2.75) is 61.8 Å². The molecule has 188 valence electrons. The van der Waals surface area contributed by atoms with Gasteiger partial charge in [0.1, 0.15) is 11.6 Å². The van der Waals surface area contributed by atoms with Crippen LogP contribution < -0.4 is 15.8 Å². The molecular weight excluding hydrogens is 481 g/mol. The highest BCUT2D eigenvalue weighted by Crippen LogP contribution is 2.36. The van der Waals surface area contributed by atoms with E-state index in [9.17, 15) is 31.6 Å². The van der Waals surface area contributed by atoms with Gasteiger partial charge < -0.3 is 5.32 Å². The second-order valence-corrected chi connectivity index (χ2v) is 10.8. The Balaban J connectivity index is 1.84. The smallest absolute Gasteiger partial charge is 0.336 e. The number of nitriles is 1. The van der Waals surface area contributed by atoms with E-state index < -0.39 is 39.7 Å². The topological polar surface area (TPSA) is 125 Å². The maximum absolute atomic E-state index is 14.0. The molecule has 0 aliphatic heterocycles. The van der Waals surface area contributed by atoms with Crippen LogP contribution in [-0.2, 0) is 14.8 Å². The number of alkyl halides is 3. The Bertz CT molecular complexity index is 1200. The number of carbonyl (C=O) groups excluding carboxylic acids is 1. The van der Waals surface area contributed by atoms with Gasteiger partial charge in [0.25, 0.3) is 0 Å². The number of amides is 1. The minimum atomic E-state index is -4.68. The number of nitrogens with zero attached hydrogens (tertiary/aromatic N) is 1. The highest BCUT2D eigenvalue weighted by atomic mass is 32.2. The fourth-order valence-corrected chi connectivity index (χ4v) is 4.24. The van der Waals surface area contributed by atoms with Crippen molar-refractivity contribution in [1.82, 2.24) is 10.6 Å². The van der Waals surface area contributed by atoms with Crippen molar-refractivity contribution in [3.8, 4) is 17.2 Å². The van der Waals surface area contributed by atoms with Crippen molar-refractivity contribution in [3.63, 3.8) is 0 Å². The third-order valence-electron chi connectivity index (χ3n) is 5.81. The number of nitrogens with two attached hydrogens (primary N) is 1. The molecule has 2 aromatic rings. The highest BCUT2D eigenvalue weighted by molar-refractivity contribution is 7.89. The van der Waals surface area contributed by atoms with Gasteiger partial charge in [-0.25, -0.2) is 13.6 Å². The predicted molar refractivity (Wildman–Crippen MR) is 124 cm³/mol. The second kappa shape index (κ2) is 9.97. The van der Waals surface area contributed by atoms with Crippen LogP contribution in [0.2, 0.25) is 0 Å². The van der Waals surface area contributed by atoms with Gasteiger partial charge in [0.15, 0.2) is 0 Å². The number of primary sulfonamides is 1. The summed E-state index contributed by atoms with van der Waals surface area (Å²) in [5.41, 5.74) is 0.119. The second-order valence-electron chi connectivity index (χ2n) is 9.20. The molecule has 0 unspecified atom stereocenters. The largest absolute Gasteiger partial charge is 0.407 e. The number of hydrogen-bond acceptors (Lipinski definition) is 5. The van der Waals surface area contributed by atoms with Crippen LogP contribution in [-0.4, -0.2) is 32.1 Å². The van der Waals surface area contributed by atoms with Crippen LogP contribution in [0.25, 0.3) is 11.1 Å². The average molecular weight is 509 g/mol. The van der Waals surface area contributed by atoms with Gasteiger partial charge in [-0.1, -0.05) is 50.2 Å². The molecule has 0 radical (unpaired) electrons. The van der Waals surface area contributed by atoms with E-state index >= 15 is 0 Å². The van der Waals surface area contributed by atoms with Crippen LogP contribution in [0, 0.1) is 17.2 Å². The highest BCUT2D eigenvalue weighted by Gasteiger charge is 2.47. The SMILES string of the molecule is CC(C)C[C@H](N[C@@H](c1ccc(-c2ccc(S(N)(=O)=O)cc2)cc1)C(F)(F)F)C(=O)NC1(C#N)CC1. The molecule has 35 heavy (non-hydrogen) atoms. The fourth-order valence-electron chi connectivity index (χ4n) is 3.72. The maximum atomic E-state index is 14.0. The molecular formula is C24H27F3N4O3S. The zero-order valence-corrected chi connectivity index (χ0v) is 20.1. The van der Waals surface area contributed by atoms with Gasteiger partial charge >= 0.3 is 6.18 Å².